The number of benzene rings is 1. The molecule has 0 aliphatic carbocycles. The zero-order valence-corrected chi connectivity index (χ0v) is 12.2. The summed E-state index contributed by atoms with van der Waals surface area (Å²) in [7, 11) is 0. The fourth-order valence-electron chi connectivity index (χ4n) is 1.61. The quantitative estimate of drug-likeness (QED) is 0.350. The smallest absolute Gasteiger partial charge is 0.263 e. The van der Waals surface area contributed by atoms with Crippen LogP contribution in [0.15, 0.2) is 36.0 Å². The topological polar surface area (TPSA) is 64.9 Å². The van der Waals surface area contributed by atoms with Crippen molar-refractivity contribution in [2.24, 2.45) is 0 Å². The highest BCUT2D eigenvalue weighted by Crippen LogP contribution is 2.03. The third-order valence-electron chi connectivity index (χ3n) is 2.60. The van der Waals surface area contributed by atoms with Crippen LogP contribution in [0.2, 0.25) is 0 Å². The maximum atomic E-state index is 11.7. The monoisotopic (exact) mass is 291 g/mol. The third kappa shape index (κ3) is 5.77. The molecular weight excluding hydrogens is 274 g/mol. The number of carbonyl (C=O) groups excluding carboxylic acids is 1. The van der Waals surface area contributed by atoms with Crippen molar-refractivity contribution in [1.82, 2.24) is 10.6 Å². The van der Waals surface area contributed by atoms with E-state index < -0.39 is 0 Å². The average Bonchev–Trinajstić information content (AvgIpc) is 2.44. The summed E-state index contributed by atoms with van der Waals surface area (Å²) >= 11 is 5.52. The minimum atomic E-state index is -0.380. The van der Waals surface area contributed by atoms with Crippen LogP contribution in [-0.4, -0.2) is 18.3 Å². The Kier molecular flexibility index (Phi) is 7.23. The van der Waals surface area contributed by atoms with Crippen molar-refractivity contribution >= 4 is 17.5 Å². The van der Waals surface area contributed by atoms with Gasteiger partial charge in [0, 0.05) is 25.2 Å². The molecule has 5 heteroatoms. The first-order valence-electron chi connectivity index (χ1n) is 6.40. The molecule has 1 amide bonds. The van der Waals surface area contributed by atoms with E-state index in [4.69, 9.17) is 16.9 Å². The van der Waals surface area contributed by atoms with Crippen molar-refractivity contribution in [3.63, 3.8) is 0 Å². The van der Waals surface area contributed by atoms with Gasteiger partial charge in [-0.1, -0.05) is 29.8 Å². The number of carbonyl (C=O) groups is 1. The average molecular weight is 292 g/mol. The maximum absolute atomic E-state index is 11.7. The molecule has 2 N–H and O–H groups in total. The van der Waals surface area contributed by atoms with Gasteiger partial charge in [-0.25, -0.2) is 0 Å². The van der Waals surface area contributed by atoms with Crippen molar-refractivity contribution in [2.75, 3.05) is 12.4 Å². The number of nitrogens with zero attached hydrogens (tertiary/aromatic N) is 1. The molecule has 0 fully saturated rings. The summed E-state index contributed by atoms with van der Waals surface area (Å²) in [6, 6.07) is 9.91. The summed E-state index contributed by atoms with van der Waals surface area (Å²) in [5.41, 5.74) is 2.33. The molecule has 106 valence electrons. The van der Waals surface area contributed by atoms with E-state index in [-0.39, 0.29) is 11.5 Å². The van der Waals surface area contributed by atoms with E-state index in [1.54, 1.807) is 0 Å². The summed E-state index contributed by atoms with van der Waals surface area (Å²) in [6.07, 6.45) is 2.13. The van der Waals surface area contributed by atoms with Crippen molar-refractivity contribution < 1.29 is 4.79 Å². The Morgan fingerprint density at radius 3 is 2.95 bits per heavy atom. The highest BCUT2D eigenvalue weighted by molar-refractivity contribution is 6.17. The molecule has 0 aliphatic heterocycles. The molecule has 1 rings (SSSR count). The normalized spacial score (nSPS) is 10.8. The largest absolute Gasteiger partial charge is 0.386 e. The van der Waals surface area contributed by atoms with Gasteiger partial charge in [-0.05, 0) is 18.9 Å². The molecule has 0 saturated heterocycles. The molecule has 20 heavy (non-hydrogen) atoms. The second kappa shape index (κ2) is 9.00. The number of rotatable bonds is 7. The van der Waals surface area contributed by atoms with Gasteiger partial charge in [0.1, 0.15) is 11.6 Å². The van der Waals surface area contributed by atoms with Crippen LogP contribution in [0.4, 0.5) is 0 Å². The number of halogens is 1. The second-order valence-corrected chi connectivity index (χ2v) is 4.72. The summed E-state index contributed by atoms with van der Waals surface area (Å²) in [5.74, 6) is 0.103. The second-order valence-electron chi connectivity index (χ2n) is 4.34. The number of aryl methyl sites for hydroxylation is 1. The summed E-state index contributed by atoms with van der Waals surface area (Å²) in [5, 5.41) is 14.6. The van der Waals surface area contributed by atoms with Crippen LogP contribution in [0.3, 0.4) is 0 Å². The van der Waals surface area contributed by atoms with Gasteiger partial charge in [0.15, 0.2) is 0 Å². The molecule has 0 bridgehead atoms. The first-order chi connectivity index (χ1) is 9.67. The zero-order valence-electron chi connectivity index (χ0n) is 11.4. The Balaban J connectivity index is 2.49. The minimum Gasteiger partial charge on any atom is -0.386 e. The number of alkyl halides is 1. The van der Waals surface area contributed by atoms with Crippen molar-refractivity contribution in [2.45, 2.75) is 19.9 Å². The Morgan fingerprint density at radius 1 is 1.50 bits per heavy atom. The van der Waals surface area contributed by atoms with Crippen LogP contribution in [0.5, 0.6) is 0 Å². The molecule has 0 radical (unpaired) electrons. The minimum absolute atomic E-state index is 0.0622. The van der Waals surface area contributed by atoms with E-state index in [0.29, 0.717) is 25.4 Å². The Hall–Kier alpha value is -1.99. The molecule has 0 atom stereocenters. The number of amides is 1. The lowest BCUT2D eigenvalue weighted by Crippen LogP contribution is -2.26. The van der Waals surface area contributed by atoms with Gasteiger partial charge < -0.3 is 10.6 Å². The Bertz CT molecular complexity index is 520. The lowest BCUT2D eigenvalue weighted by Gasteiger charge is -2.05. The standard InChI is InChI=1S/C15H18ClN3O/c1-12-4-2-5-13(8-12)10-18-11-14(9-17)15(20)19-7-3-6-16/h2,4-5,8,11,18H,3,6-7,10H2,1H3,(H,19,20)/b14-11-. The Morgan fingerprint density at radius 2 is 2.30 bits per heavy atom. The zero-order chi connectivity index (χ0) is 14.8. The fourth-order valence-corrected chi connectivity index (χ4v) is 1.74. The molecule has 0 aliphatic rings. The van der Waals surface area contributed by atoms with Gasteiger partial charge in [0.05, 0.1) is 0 Å². The number of hydrogen-bond acceptors (Lipinski definition) is 3. The van der Waals surface area contributed by atoms with Crippen LogP contribution >= 0.6 is 11.6 Å². The predicted octanol–water partition coefficient (Wildman–Crippen LogP) is 2.24. The highest BCUT2D eigenvalue weighted by atomic mass is 35.5. The van der Waals surface area contributed by atoms with Gasteiger partial charge in [-0.3, -0.25) is 4.79 Å². The van der Waals surface area contributed by atoms with Crippen molar-refractivity contribution in [3.05, 3.63) is 47.2 Å². The van der Waals surface area contributed by atoms with Crippen molar-refractivity contribution in [1.29, 1.82) is 5.26 Å². The van der Waals surface area contributed by atoms with Gasteiger partial charge in [-0.2, -0.15) is 5.26 Å². The number of nitrogens with one attached hydrogen (secondary N) is 2. The highest BCUT2D eigenvalue weighted by Gasteiger charge is 2.07. The van der Waals surface area contributed by atoms with E-state index in [0.717, 1.165) is 5.56 Å². The maximum Gasteiger partial charge on any atom is 0.263 e. The first-order valence-corrected chi connectivity index (χ1v) is 6.94. The van der Waals surface area contributed by atoms with Crippen LogP contribution in [0.25, 0.3) is 0 Å². The van der Waals surface area contributed by atoms with Gasteiger partial charge in [-0.15, -0.1) is 11.6 Å². The van der Waals surface area contributed by atoms with Gasteiger partial charge in [0.2, 0.25) is 0 Å². The molecule has 4 nitrogen and oxygen atoms in total. The number of hydrogen-bond donors (Lipinski definition) is 2. The first kappa shape index (κ1) is 16.1. The fraction of sp³-hybridized carbons (Fsp3) is 0.333. The van der Waals surface area contributed by atoms with Crippen LogP contribution in [-0.2, 0) is 11.3 Å². The van der Waals surface area contributed by atoms with Gasteiger partial charge in [0.25, 0.3) is 5.91 Å². The summed E-state index contributed by atoms with van der Waals surface area (Å²) in [6.45, 7) is 3.06. The van der Waals surface area contributed by atoms with Gasteiger partial charge >= 0.3 is 0 Å². The summed E-state index contributed by atoms with van der Waals surface area (Å²) in [4.78, 5) is 11.7. The predicted molar refractivity (Wildman–Crippen MR) is 80.1 cm³/mol. The molecule has 1 aromatic carbocycles. The SMILES string of the molecule is Cc1cccc(CN/C=C(/C#N)C(=O)NCCCCl)c1. The molecule has 0 heterocycles. The molecule has 0 saturated carbocycles. The van der Waals surface area contributed by atoms with E-state index in [1.807, 2.05) is 37.3 Å². The Labute approximate surface area is 124 Å². The lowest BCUT2D eigenvalue weighted by atomic mass is 10.1. The van der Waals surface area contributed by atoms with E-state index >= 15 is 0 Å². The number of nitriles is 1. The molecule has 0 aromatic heterocycles. The molecule has 1 aromatic rings. The molecule has 0 spiro atoms. The van der Waals surface area contributed by atoms with Crippen LogP contribution < -0.4 is 10.6 Å². The van der Waals surface area contributed by atoms with Crippen LogP contribution in [0.1, 0.15) is 17.5 Å². The lowest BCUT2D eigenvalue weighted by molar-refractivity contribution is -0.117. The third-order valence-corrected chi connectivity index (χ3v) is 2.86. The van der Waals surface area contributed by atoms with E-state index in [1.165, 1.54) is 11.8 Å². The molecular formula is C15H18ClN3O. The summed E-state index contributed by atoms with van der Waals surface area (Å²) < 4.78 is 0. The van der Waals surface area contributed by atoms with E-state index in [9.17, 15) is 4.79 Å². The molecule has 0 unspecified atom stereocenters. The van der Waals surface area contributed by atoms with Crippen LogP contribution in [0, 0.1) is 18.3 Å². The van der Waals surface area contributed by atoms with Crippen molar-refractivity contribution in [3.8, 4) is 6.07 Å². The van der Waals surface area contributed by atoms with E-state index in [2.05, 4.69) is 10.6 Å².